The summed E-state index contributed by atoms with van der Waals surface area (Å²) in [7, 11) is 1.77. The third-order valence-corrected chi connectivity index (χ3v) is 3.27. The zero-order valence-electron chi connectivity index (χ0n) is 10.2. The Morgan fingerprint density at radius 2 is 2.00 bits per heavy atom. The summed E-state index contributed by atoms with van der Waals surface area (Å²) in [5.41, 5.74) is 2.32. The SMILES string of the molecule is CN1C(=O)C(C)(C)c2cccc(C=CC=O)c21. The number of nitrogens with zero attached hydrogens (tertiary/aromatic N) is 1. The standard InChI is InChI=1S/C14H15NO2/c1-14(2)11-8-4-6-10(7-5-9-16)12(11)15(3)13(14)17/h4-9H,1-3H3. The number of fused-ring (bicyclic) bond motifs is 1. The van der Waals surface area contributed by atoms with Gasteiger partial charge in [-0.15, -0.1) is 0 Å². The minimum atomic E-state index is -0.491. The Labute approximate surface area is 101 Å². The number of rotatable bonds is 2. The molecular weight excluding hydrogens is 214 g/mol. The molecule has 0 bridgehead atoms. The largest absolute Gasteiger partial charge is 0.314 e. The van der Waals surface area contributed by atoms with Crippen LogP contribution in [0.2, 0.25) is 0 Å². The molecular formula is C14H15NO2. The van der Waals surface area contributed by atoms with Crippen LogP contribution in [0.3, 0.4) is 0 Å². The first kappa shape index (κ1) is 11.6. The van der Waals surface area contributed by atoms with Crippen molar-refractivity contribution >= 4 is 24.0 Å². The highest BCUT2D eigenvalue weighted by Gasteiger charge is 2.42. The second kappa shape index (κ2) is 3.84. The first-order valence-electron chi connectivity index (χ1n) is 5.53. The minimum absolute atomic E-state index is 0.0828. The van der Waals surface area contributed by atoms with Gasteiger partial charge in [0.15, 0.2) is 0 Å². The summed E-state index contributed by atoms with van der Waals surface area (Å²) in [5.74, 6) is 0.0828. The van der Waals surface area contributed by atoms with Gasteiger partial charge in [-0.1, -0.05) is 18.2 Å². The van der Waals surface area contributed by atoms with Crippen molar-refractivity contribution in [2.24, 2.45) is 0 Å². The maximum atomic E-state index is 12.1. The smallest absolute Gasteiger partial charge is 0.236 e. The van der Waals surface area contributed by atoms with Crippen LogP contribution in [-0.4, -0.2) is 19.2 Å². The number of carbonyl (C=O) groups excluding carboxylic acids is 2. The van der Waals surface area contributed by atoms with Crippen molar-refractivity contribution in [1.82, 2.24) is 0 Å². The van der Waals surface area contributed by atoms with E-state index < -0.39 is 5.41 Å². The van der Waals surface area contributed by atoms with Gasteiger partial charge in [-0.05, 0) is 37.1 Å². The van der Waals surface area contributed by atoms with E-state index in [1.165, 1.54) is 6.08 Å². The van der Waals surface area contributed by atoms with E-state index in [9.17, 15) is 9.59 Å². The van der Waals surface area contributed by atoms with E-state index in [1.54, 1.807) is 18.0 Å². The molecule has 0 atom stereocenters. The molecule has 1 amide bonds. The van der Waals surface area contributed by atoms with Crippen molar-refractivity contribution in [3.8, 4) is 0 Å². The minimum Gasteiger partial charge on any atom is -0.314 e. The fourth-order valence-electron chi connectivity index (χ4n) is 2.35. The summed E-state index contributed by atoms with van der Waals surface area (Å²) in [4.78, 5) is 24.2. The molecule has 3 nitrogen and oxygen atoms in total. The molecule has 0 N–H and O–H groups in total. The Kier molecular flexibility index (Phi) is 2.62. The molecule has 1 aromatic carbocycles. The number of hydrogen-bond acceptors (Lipinski definition) is 2. The normalized spacial score (nSPS) is 17.6. The first-order valence-corrected chi connectivity index (χ1v) is 5.53. The maximum Gasteiger partial charge on any atom is 0.236 e. The predicted molar refractivity (Wildman–Crippen MR) is 68.0 cm³/mol. The van der Waals surface area contributed by atoms with Crippen molar-refractivity contribution in [3.05, 3.63) is 35.4 Å². The Hall–Kier alpha value is -1.90. The lowest BCUT2D eigenvalue weighted by atomic mass is 9.85. The van der Waals surface area contributed by atoms with Gasteiger partial charge in [0.05, 0.1) is 11.1 Å². The van der Waals surface area contributed by atoms with Gasteiger partial charge in [0.2, 0.25) is 5.91 Å². The van der Waals surface area contributed by atoms with Crippen molar-refractivity contribution in [2.45, 2.75) is 19.3 Å². The molecule has 0 fully saturated rings. The van der Waals surface area contributed by atoms with E-state index in [0.29, 0.717) is 0 Å². The van der Waals surface area contributed by atoms with Crippen LogP contribution in [0.4, 0.5) is 5.69 Å². The van der Waals surface area contributed by atoms with E-state index in [-0.39, 0.29) is 5.91 Å². The molecule has 0 aliphatic carbocycles. The monoisotopic (exact) mass is 229 g/mol. The van der Waals surface area contributed by atoms with Crippen molar-refractivity contribution < 1.29 is 9.59 Å². The molecule has 2 rings (SSSR count). The van der Waals surface area contributed by atoms with E-state index in [0.717, 1.165) is 23.1 Å². The Balaban J connectivity index is 2.65. The van der Waals surface area contributed by atoms with Gasteiger partial charge >= 0.3 is 0 Å². The van der Waals surface area contributed by atoms with Gasteiger partial charge in [-0.3, -0.25) is 9.59 Å². The summed E-state index contributed by atoms with van der Waals surface area (Å²) in [6, 6.07) is 5.79. The lowest BCUT2D eigenvalue weighted by molar-refractivity contribution is -0.121. The van der Waals surface area contributed by atoms with Gasteiger partial charge in [-0.25, -0.2) is 0 Å². The number of benzene rings is 1. The number of hydrogen-bond donors (Lipinski definition) is 0. The van der Waals surface area contributed by atoms with Crippen LogP contribution < -0.4 is 4.90 Å². The summed E-state index contributed by atoms with van der Waals surface area (Å²) in [6.07, 6.45) is 3.91. The van der Waals surface area contributed by atoms with Crippen LogP contribution in [0, 0.1) is 0 Å². The fraction of sp³-hybridized carbons (Fsp3) is 0.286. The van der Waals surface area contributed by atoms with Crippen LogP contribution in [0.15, 0.2) is 24.3 Å². The van der Waals surface area contributed by atoms with Crippen molar-refractivity contribution in [1.29, 1.82) is 0 Å². The van der Waals surface area contributed by atoms with E-state index in [1.807, 2.05) is 32.0 Å². The molecule has 1 aliphatic heterocycles. The summed E-state index contributed by atoms with van der Waals surface area (Å²) in [5, 5.41) is 0. The number of carbonyl (C=O) groups is 2. The maximum absolute atomic E-state index is 12.1. The molecule has 17 heavy (non-hydrogen) atoms. The number of para-hydroxylation sites is 1. The molecule has 1 heterocycles. The van der Waals surface area contributed by atoms with Gasteiger partial charge in [-0.2, -0.15) is 0 Å². The van der Waals surface area contributed by atoms with Gasteiger partial charge in [0, 0.05) is 7.05 Å². The highest BCUT2D eigenvalue weighted by molar-refractivity contribution is 6.09. The van der Waals surface area contributed by atoms with E-state index in [2.05, 4.69) is 0 Å². The third kappa shape index (κ3) is 1.58. The highest BCUT2D eigenvalue weighted by atomic mass is 16.2. The number of anilines is 1. The van der Waals surface area contributed by atoms with Crippen molar-refractivity contribution in [2.75, 3.05) is 11.9 Å². The molecule has 0 spiro atoms. The zero-order chi connectivity index (χ0) is 12.6. The van der Waals surface area contributed by atoms with Crippen LogP contribution in [0.25, 0.3) is 6.08 Å². The summed E-state index contributed by atoms with van der Waals surface area (Å²) >= 11 is 0. The predicted octanol–water partition coefficient (Wildman–Crippen LogP) is 2.15. The second-order valence-electron chi connectivity index (χ2n) is 4.73. The Morgan fingerprint density at radius 3 is 2.65 bits per heavy atom. The first-order chi connectivity index (χ1) is 8.00. The topological polar surface area (TPSA) is 37.4 Å². The molecule has 88 valence electrons. The van der Waals surface area contributed by atoms with Crippen LogP contribution in [0.5, 0.6) is 0 Å². The average molecular weight is 229 g/mol. The van der Waals surface area contributed by atoms with E-state index in [4.69, 9.17) is 0 Å². The number of amides is 1. The third-order valence-electron chi connectivity index (χ3n) is 3.27. The second-order valence-corrected chi connectivity index (χ2v) is 4.73. The van der Waals surface area contributed by atoms with E-state index >= 15 is 0 Å². The number of likely N-dealkylation sites (N-methyl/N-ethyl adjacent to an activating group) is 1. The molecule has 0 unspecified atom stereocenters. The zero-order valence-corrected chi connectivity index (χ0v) is 10.2. The highest BCUT2D eigenvalue weighted by Crippen LogP contribution is 2.42. The summed E-state index contributed by atoms with van der Waals surface area (Å²) in [6.45, 7) is 3.84. The van der Waals surface area contributed by atoms with Crippen molar-refractivity contribution in [3.63, 3.8) is 0 Å². The molecule has 0 saturated heterocycles. The molecule has 0 aromatic heterocycles. The summed E-state index contributed by atoms with van der Waals surface area (Å²) < 4.78 is 0. The van der Waals surface area contributed by atoms with Crippen LogP contribution >= 0.6 is 0 Å². The average Bonchev–Trinajstić information content (AvgIpc) is 2.49. The molecule has 1 aliphatic rings. The molecule has 0 saturated carbocycles. The fourth-order valence-corrected chi connectivity index (χ4v) is 2.35. The molecule has 0 radical (unpaired) electrons. The lowest BCUT2D eigenvalue weighted by Gasteiger charge is -2.16. The lowest BCUT2D eigenvalue weighted by Crippen LogP contribution is -2.33. The van der Waals surface area contributed by atoms with Gasteiger partial charge in [0.25, 0.3) is 0 Å². The molecule has 1 aromatic rings. The van der Waals surface area contributed by atoms with Gasteiger partial charge in [0.1, 0.15) is 6.29 Å². The quantitative estimate of drug-likeness (QED) is 0.575. The van der Waals surface area contributed by atoms with Gasteiger partial charge < -0.3 is 4.90 Å². The Bertz CT molecular complexity index is 515. The molecule has 3 heteroatoms. The number of allylic oxidation sites excluding steroid dienone is 1. The Morgan fingerprint density at radius 1 is 1.29 bits per heavy atom. The number of aldehydes is 1. The van der Waals surface area contributed by atoms with Crippen LogP contribution in [-0.2, 0) is 15.0 Å². The van der Waals surface area contributed by atoms with Crippen LogP contribution in [0.1, 0.15) is 25.0 Å².